The summed E-state index contributed by atoms with van der Waals surface area (Å²) in [6, 6.07) is 5.09. The number of halogens is 2. The summed E-state index contributed by atoms with van der Waals surface area (Å²) in [5.74, 6) is 1.05. The minimum absolute atomic E-state index is 0.0883. The maximum Gasteiger partial charge on any atom is 0.368 e. The summed E-state index contributed by atoms with van der Waals surface area (Å²) >= 11 is 13.6. The molecule has 2 aliphatic rings. The average Bonchev–Trinajstić information content (AvgIpc) is 3.53. The highest BCUT2D eigenvalue weighted by atomic mass is 35.5. The Hall–Kier alpha value is -4.46. The van der Waals surface area contributed by atoms with E-state index in [0.29, 0.717) is 83.9 Å². The molecule has 1 fully saturated rings. The van der Waals surface area contributed by atoms with Crippen LogP contribution >= 0.6 is 23.2 Å². The van der Waals surface area contributed by atoms with Gasteiger partial charge in [0.1, 0.15) is 30.1 Å². The Balaban J connectivity index is 1.41. The van der Waals surface area contributed by atoms with E-state index in [2.05, 4.69) is 15.3 Å². The zero-order chi connectivity index (χ0) is 36.3. The van der Waals surface area contributed by atoms with Gasteiger partial charge in [-0.25, -0.2) is 4.98 Å². The number of hydrogen-bond donors (Lipinski definition) is 1. The van der Waals surface area contributed by atoms with Gasteiger partial charge in [-0.15, -0.1) is 0 Å². The fourth-order valence-electron chi connectivity index (χ4n) is 6.48. The number of piperidine rings is 1. The molecule has 4 heterocycles. The van der Waals surface area contributed by atoms with Crippen LogP contribution in [0.2, 0.25) is 10.0 Å². The summed E-state index contributed by atoms with van der Waals surface area (Å²) in [5, 5.41) is 15.7. The molecule has 2 aliphatic heterocycles. The van der Waals surface area contributed by atoms with Gasteiger partial charge in [0.15, 0.2) is 0 Å². The molecule has 5 rings (SSSR count). The minimum atomic E-state index is -0.451. The van der Waals surface area contributed by atoms with Gasteiger partial charge in [0.2, 0.25) is 5.91 Å². The van der Waals surface area contributed by atoms with Gasteiger partial charge in [-0.05, 0) is 43.8 Å². The van der Waals surface area contributed by atoms with Crippen LogP contribution in [-0.4, -0.2) is 96.5 Å². The molecule has 0 aliphatic carbocycles. The zero-order valence-electron chi connectivity index (χ0n) is 29.0. The molecule has 266 valence electrons. The third-order valence-electron chi connectivity index (χ3n) is 8.86. The first kappa shape index (κ1) is 36.8. The van der Waals surface area contributed by atoms with Crippen molar-refractivity contribution in [2.75, 3.05) is 59.8 Å². The highest BCUT2D eigenvalue weighted by Gasteiger charge is 2.30. The molecule has 0 spiro atoms. The number of hydrogen-bond acceptors (Lipinski definition) is 9. The first-order valence-electron chi connectivity index (χ1n) is 16.3. The monoisotopic (exact) mass is 726 g/mol. The minimum Gasteiger partial charge on any atom is -0.495 e. The Morgan fingerprint density at radius 3 is 2.40 bits per heavy atom. The van der Waals surface area contributed by atoms with Gasteiger partial charge < -0.3 is 38.9 Å². The van der Waals surface area contributed by atoms with Crippen molar-refractivity contribution in [2.45, 2.75) is 45.2 Å². The van der Waals surface area contributed by atoms with Crippen molar-refractivity contribution < 1.29 is 23.7 Å². The van der Waals surface area contributed by atoms with E-state index in [9.17, 15) is 19.7 Å². The molecule has 0 saturated carbocycles. The predicted molar refractivity (Wildman–Crippen MR) is 196 cm³/mol. The molecule has 0 atom stereocenters. The second-order valence-electron chi connectivity index (χ2n) is 13.4. The van der Waals surface area contributed by atoms with Crippen molar-refractivity contribution in [1.82, 2.24) is 14.5 Å². The van der Waals surface area contributed by atoms with Crippen LogP contribution in [0.4, 0.5) is 5.82 Å². The van der Waals surface area contributed by atoms with E-state index in [4.69, 9.17) is 32.7 Å². The molecule has 0 bridgehead atoms. The molecule has 0 unspecified atom stereocenters. The lowest BCUT2D eigenvalue weighted by molar-refractivity contribution is -0.880. The standard InChI is InChI=1S/C35H41Cl2N7O6/c1-21(2)40-29-17-26-23(19-39-29)16-25(31-32(36)27(49-5)18-28(50-6)33(31)37)35(46)42(26)24-10-13-41(14-11-24)30(45)8-7-15-44(3,4)20-22-9-12-38-34(22)43(47)48/h7-8,12,16-19,21,24H,9-11,13-15,20H2,1-6H3/p+1/b8-7+. The van der Waals surface area contributed by atoms with E-state index in [1.54, 1.807) is 40.1 Å². The summed E-state index contributed by atoms with van der Waals surface area (Å²) < 4.78 is 13.2. The SMILES string of the molecule is COc1cc(OC)c(Cl)c(-c2cc3cnc(NC(C)C)cc3n(C3CCN(C(=O)/C=C/C[N+](C)(C)CC4=C([N+](=O)[O-])N=CC4)CC3)c2=O)c1Cl. The quantitative estimate of drug-likeness (QED) is 0.104. The second kappa shape index (κ2) is 15.2. The second-order valence-corrected chi connectivity index (χ2v) is 14.1. The Labute approximate surface area is 300 Å². The number of aromatic nitrogens is 2. The van der Waals surface area contributed by atoms with Gasteiger partial charge >= 0.3 is 5.82 Å². The number of rotatable bonds is 12. The number of likely N-dealkylation sites (N-methyl/N-ethyl adjacent to an activating group) is 1. The Morgan fingerprint density at radius 2 is 1.80 bits per heavy atom. The molecular weight excluding hydrogens is 685 g/mol. The Bertz CT molecular complexity index is 1930. The number of nitro groups is 1. The van der Waals surface area contributed by atoms with Gasteiger partial charge in [0, 0.05) is 66.9 Å². The topological polar surface area (TPSA) is 141 Å². The number of amides is 1. The van der Waals surface area contributed by atoms with Gasteiger partial charge in [0.05, 0.1) is 61.6 Å². The number of quaternary nitrogens is 1. The fourth-order valence-corrected chi connectivity index (χ4v) is 7.18. The van der Waals surface area contributed by atoms with Gasteiger partial charge in [-0.3, -0.25) is 9.59 Å². The number of aliphatic imine (C=N–C) groups is 1. The number of pyridine rings is 2. The lowest BCUT2D eigenvalue weighted by Gasteiger charge is -2.33. The lowest BCUT2D eigenvalue weighted by atomic mass is 10.00. The van der Waals surface area contributed by atoms with Crippen LogP contribution in [0.5, 0.6) is 11.5 Å². The van der Waals surface area contributed by atoms with Gasteiger partial charge in [0.25, 0.3) is 5.56 Å². The van der Waals surface area contributed by atoms with E-state index in [1.165, 1.54) is 14.2 Å². The summed E-state index contributed by atoms with van der Waals surface area (Å²) in [7, 11) is 6.87. The van der Waals surface area contributed by atoms with Crippen LogP contribution in [0.15, 0.2) is 57.7 Å². The molecule has 0 radical (unpaired) electrons. The van der Waals surface area contributed by atoms with Crippen LogP contribution < -0.4 is 20.3 Å². The first-order chi connectivity index (χ1) is 23.7. The van der Waals surface area contributed by atoms with Crippen LogP contribution in [0, 0.1) is 10.1 Å². The average molecular weight is 728 g/mol. The van der Waals surface area contributed by atoms with Crippen molar-refractivity contribution in [2.24, 2.45) is 4.99 Å². The smallest absolute Gasteiger partial charge is 0.368 e. The normalized spacial score (nSPS) is 15.5. The van der Waals surface area contributed by atoms with Crippen molar-refractivity contribution in [3.05, 3.63) is 78.5 Å². The third-order valence-corrected chi connectivity index (χ3v) is 9.61. The highest BCUT2D eigenvalue weighted by Crippen LogP contribution is 2.45. The van der Waals surface area contributed by atoms with E-state index in [1.807, 2.05) is 40.1 Å². The van der Waals surface area contributed by atoms with E-state index in [0.717, 1.165) is 5.39 Å². The van der Waals surface area contributed by atoms with Crippen molar-refractivity contribution >= 4 is 52.0 Å². The maximum absolute atomic E-state index is 14.5. The Kier molecular flexibility index (Phi) is 11.2. The number of anilines is 1. The molecule has 2 aromatic heterocycles. The number of likely N-dealkylation sites (tertiary alicyclic amines) is 1. The summed E-state index contributed by atoms with van der Waals surface area (Å²) in [6.07, 6.45) is 8.18. The number of nitrogens with one attached hydrogen (secondary N) is 1. The summed E-state index contributed by atoms with van der Waals surface area (Å²) in [5.41, 5.74) is 1.67. The number of carbonyl (C=O) groups excluding carboxylic acids is 1. The summed E-state index contributed by atoms with van der Waals surface area (Å²) in [6.45, 7) is 5.86. The van der Waals surface area contributed by atoms with Gasteiger partial charge in [-0.1, -0.05) is 28.2 Å². The fraction of sp³-hybridized carbons (Fsp3) is 0.429. The van der Waals surface area contributed by atoms with E-state index >= 15 is 0 Å². The largest absolute Gasteiger partial charge is 0.495 e. The number of methoxy groups -OCH3 is 2. The van der Waals surface area contributed by atoms with Crippen LogP contribution in [-0.2, 0) is 4.79 Å². The van der Waals surface area contributed by atoms with Crippen molar-refractivity contribution in [1.29, 1.82) is 0 Å². The van der Waals surface area contributed by atoms with Gasteiger partial charge in [-0.2, -0.15) is 0 Å². The van der Waals surface area contributed by atoms with E-state index in [-0.39, 0.29) is 45.0 Å². The molecule has 3 aromatic rings. The number of carbonyl (C=O) groups is 1. The number of ether oxygens (including phenoxy) is 2. The number of fused-ring (bicyclic) bond motifs is 1. The molecule has 15 heteroatoms. The van der Waals surface area contributed by atoms with Crippen LogP contribution in [0.3, 0.4) is 0 Å². The number of benzene rings is 1. The molecule has 1 N–H and O–H groups in total. The van der Waals surface area contributed by atoms with Crippen LogP contribution in [0.25, 0.3) is 22.0 Å². The summed E-state index contributed by atoms with van der Waals surface area (Å²) in [4.78, 5) is 48.9. The van der Waals surface area contributed by atoms with E-state index < -0.39 is 4.92 Å². The lowest BCUT2D eigenvalue weighted by Crippen LogP contribution is -2.42. The predicted octanol–water partition coefficient (Wildman–Crippen LogP) is 5.97. The zero-order valence-corrected chi connectivity index (χ0v) is 30.5. The van der Waals surface area contributed by atoms with Crippen LogP contribution in [0.1, 0.15) is 39.2 Å². The molecule has 1 aromatic carbocycles. The molecule has 13 nitrogen and oxygen atoms in total. The molecule has 50 heavy (non-hydrogen) atoms. The first-order valence-corrected chi connectivity index (χ1v) is 17.1. The van der Waals surface area contributed by atoms with Crippen molar-refractivity contribution in [3.8, 4) is 22.6 Å². The third kappa shape index (κ3) is 7.79. The maximum atomic E-state index is 14.5. The molecule has 1 saturated heterocycles. The molecular formula is C35H42Cl2N7O6+. The van der Waals surface area contributed by atoms with Crippen molar-refractivity contribution in [3.63, 3.8) is 0 Å². The highest BCUT2D eigenvalue weighted by molar-refractivity contribution is 6.41. The Morgan fingerprint density at radius 1 is 1.14 bits per heavy atom. The number of nitrogens with zero attached hydrogens (tertiary/aromatic N) is 6. The molecule has 1 amide bonds.